The van der Waals surface area contributed by atoms with Gasteiger partial charge in [-0.15, -0.1) is 0 Å². The number of hydrogen-bond donors (Lipinski definition) is 2. The number of nitrogens with one attached hydrogen (secondary N) is 1. The van der Waals surface area contributed by atoms with Crippen LogP contribution in [0.25, 0.3) is 11.3 Å². The van der Waals surface area contributed by atoms with E-state index in [4.69, 9.17) is 16.6 Å². The van der Waals surface area contributed by atoms with Crippen molar-refractivity contribution in [1.29, 1.82) is 0 Å². The Kier molecular flexibility index (Phi) is 4.39. The van der Waals surface area contributed by atoms with Crippen molar-refractivity contribution < 1.29 is 9.90 Å². The van der Waals surface area contributed by atoms with E-state index in [1.165, 1.54) is 31.0 Å². The lowest BCUT2D eigenvalue weighted by atomic mass is 10.1. The van der Waals surface area contributed by atoms with E-state index in [-0.39, 0.29) is 11.3 Å². The van der Waals surface area contributed by atoms with Gasteiger partial charge in [0.1, 0.15) is 11.6 Å². The van der Waals surface area contributed by atoms with Crippen LogP contribution in [0.15, 0.2) is 48.7 Å². The fourth-order valence-electron chi connectivity index (χ4n) is 3.16. The number of fused-ring (bicyclic) bond motifs is 1. The molecule has 132 valence electrons. The van der Waals surface area contributed by atoms with Gasteiger partial charge < -0.3 is 15.0 Å². The molecule has 1 aliphatic heterocycles. The Morgan fingerprint density at radius 1 is 1.15 bits per heavy atom. The van der Waals surface area contributed by atoms with Crippen LogP contribution < -0.4 is 5.32 Å². The number of nitrogens with zero attached hydrogens (tertiary/aromatic N) is 2. The number of aromatic hydroxyl groups is 1. The quantitative estimate of drug-likeness (QED) is 0.716. The number of phenolic OH excluding ortho intramolecular Hbond substituents is 1. The molecule has 4 rings (SSSR count). The lowest BCUT2D eigenvalue weighted by molar-refractivity contribution is 0.102. The van der Waals surface area contributed by atoms with E-state index < -0.39 is 5.91 Å². The predicted octanol–water partition coefficient (Wildman–Crippen LogP) is 4.50. The summed E-state index contributed by atoms with van der Waals surface area (Å²) in [5.74, 6) is 0.627. The third-order valence-corrected chi connectivity index (χ3v) is 4.79. The number of amides is 1. The summed E-state index contributed by atoms with van der Waals surface area (Å²) in [5, 5.41) is 13.0. The maximum atomic E-state index is 12.3. The number of imidazole rings is 1. The minimum atomic E-state index is -0.407. The highest BCUT2D eigenvalue weighted by Crippen LogP contribution is 2.25. The highest BCUT2D eigenvalue weighted by Gasteiger charge is 2.14. The van der Waals surface area contributed by atoms with Gasteiger partial charge in [0.05, 0.1) is 11.3 Å². The molecule has 2 aromatic carbocycles. The van der Waals surface area contributed by atoms with Crippen LogP contribution in [0.4, 0.5) is 5.69 Å². The highest BCUT2D eigenvalue weighted by atomic mass is 35.5. The van der Waals surface area contributed by atoms with Crippen LogP contribution in [0.5, 0.6) is 5.75 Å². The number of hydrogen-bond acceptors (Lipinski definition) is 3. The van der Waals surface area contributed by atoms with Gasteiger partial charge in [-0.2, -0.15) is 0 Å². The molecule has 0 bridgehead atoms. The SMILES string of the molecule is O=C(Nc1ccc(-c2cn3c(n2)CCCC3)cc1)c1cc(Cl)ccc1O. The second-order valence-electron chi connectivity index (χ2n) is 6.39. The first-order valence-corrected chi connectivity index (χ1v) is 8.94. The van der Waals surface area contributed by atoms with Crippen molar-refractivity contribution in [2.75, 3.05) is 5.32 Å². The molecule has 3 aromatic rings. The summed E-state index contributed by atoms with van der Waals surface area (Å²) in [6.45, 7) is 1.03. The number of aryl methyl sites for hydroxylation is 2. The fraction of sp³-hybridized carbons (Fsp3) is 0.200. The lowest BCUT2D eigenvalue weighted by Gasteiger charge is -2.11. The second kappa shape index (κ2) is 6.84. The van der Waals surface area contributed by atoms with Gasteiger partial charge in [0, 0.05) is 35.4 Å². The summed E-state index contributed by atoms with van der Waals surface area (Å²) in [4.78, 5) is 17.0. The maximum absolute atomic E-state index is 12.3. The Balaban J connectivity index is 1.52. The van der Waals surface area contributed by atoms with E-state index in [9.17, 15) is 9.90 Å². The van der Waals surface area contributed by atoms with E-state index in [1.54, 1.807) is 0 Å². The van der Waals surface area contributed by atoms with Crippen LogP contribution in [0.3, 0.4) is 0 Å². The van der Waals surface area contributed by atoms with Gasteiger partial charge in [0.2, 0.25) is 0 Å². The van der Waals surface area contributed by atoms with Gasteiger partial charge in [-0.25, -0.2) is 4.98 Å². The Morgan fingerprint density at radius 3 is 2.73 bits per heavy atom. The molecule has 1 aromatic heterocycles. The zero-order valence-electron chi connectivity index (χ0n) is 14.1. The maximum Gasteiger partial charge on any atom is 0.259 e. The van der Waals surface area contributed by atoms with Gasteiger partial charge >= 0.3 is 0 Å². The standard InChI is InChI=1S/C20H18ClN3O2/c21-14-6-9-18(25)16(11-14)20(26)22-15-7-4-13(5-8-15)17-12-24-10-2-1-3-19(24)23-17/h4-9,11-12,25H,1-3,10H2,(H,22,26). The number of phenols is 1. The van der Waals surface area contributed by atoms with E-state index in [0.717, 1.165) is 30.0 Å². The number of carbonyl (C=O) groups excluding carboxylic acids is 1. The third kappa shape index (κ3) is 3.30. The molecular formula is C20H18ClN3O2. The molecule has 1 aliphatic rings. The fourth-order valence-corrected chi connectivity index (χ4v) is 3.34. The molecule has 6 heteroatoms. The molecule has 2 N–H and O–H groups in total. The molecule has 0 fully saturated rings. The number of carbonyl (C=O) groups is 1. The summed E-state index contributed by atoms with van der Waals surface area (Å²) < 4.78 is 2.22. The van der Waals surface area contributed by atoms with E-state index >= 15 is 0 Å². The number of rotatable bonds is 3. The van der Waals surface area contributed by atoms with Crippen LogP contribution in [0.2, 0.25) is 5.02 Å². The molecule has 0 unspecified atom stereocenters. The average Bonchev–Trinajstić information content (AvgIpc) is 3.08. The van der Waals surface area contributed by atoms with Gasteiger partial charge in [-0.05, 0) is 43.2 Å². The monoisotopic (exact) mass is 367 g/mol. The van der Waals surface area contributed by atoms with E-state index in [1.807, 2.05) is 24.3 Å². The van der Waals surface area contributed by atoms with Crippen LogP contribution in [-0.2, 0) is 13.0 Å². The van der Waals surface area contributed by atoms with Crippen molar-refractivity contribution in [3.63, 3.8) is 0 Å². The molecule has 5 nitrogen and oxygen atoms in total. The molecule has 0 radical (unpaired) electrons. The van der Waals surface area contributed by atoms with Crippen LogP contribution in [0.1, 0.15) is 29.0 Å². The molecule has 0 aliphatic carbocycles. The van der Waals surface area contributed by atoms with Crippen molar-refractivity contribution in [2.45, 2.75) is 25.8 Å². The number of aromatic nitrogens is 2. The summed E-state index contributed by atoms with van der Waals surface area (Å²) in [5.41, 5.74) is 2.74. The van der Waals surface area contributed by atoms with Crippen LogP contribution in [0, 0.1) is 0 Å². The third-order valence-electron chi connectivity index (χ3n) is 4.55. The largest absolute Gasteiger partial charge is 0.507 e. The molecule has 1 amide bonds. The normalized spacial score (nSPS) is 13.3. The van der Waals surface area contributed by atoms with Crippen molar-refractivity contribution in [2.24, 2.45) is 0 Å². The summed E-state index contributed by atoms with van der Waals surface area (Å²) in [6.07, 6.45) is 5.51. The number of anilines is 1. The van der Waals surface area contributed by atoms with Gasteiger partial charge in [0.25, 0.3) is 5.91 Å². The van der Waals surface area contributed by atoms with Gasteiger partial charge in [-0.3, -0.25) is 4.79 Å². The minimum Gasteiger partial charge on any atom is -0.507 e. The molecule has 0 spiro atoms. The first kappa shape index (κ1) is 16.7. The average molecular weight is 368 g/mol. The summed E-state index contributed by atoms with van der Waals surface area (Å²) in [6, 6.07) is 11.9. The zero-order valence-corrected chi connectivity index (χ0v) is 14.8. The Hall–Kier alpha value is -2.79. The van der Waals surface area contributed by atoms with E-state index in [0.29, 0.717) is 10.7 Å². The Bertz CT molecular complexity index is 940. The molecular weight excluding hydrogens is 350 g/mol. The smallest absolute Gasteiger partial charge is 0.259 e. The Labute approximate surface area is 156 Å². The molecule has 0 saturated carbocycles. The van der Waals surface area contributed by atoms with Gasteiger partial charge in [-0.1, -0.05) is 23.7 Å². The second-order valence-corrected chi connectivity index (χ2v) is 6.82. The lowest BCUT2D eigenvalue weighted by Crippen LogP contribution is -2.12. The zero-order chi connectivity index (χ0) is 18.1. The van der Waals surface area contributed by atoms with Gasteiger partial charge in [0.15, 0.2) is 0 Å². The van der Waals surface area contributed by atoms with Crippen molar-refractivity contribution >= 4 is 23.2 Å². The molecule has 26 heavy (non-hydrogen) atoms. The van der Waals surface area contributed by atoms with Crippen molar-refractivity contribution in [3.8, 4) is 17.0 Å². The van der Waals surface area contributed by atoms with Crippen molar-refractivity contribution in [3.05, 3.63) is 65.1 Å². The number of benzene rings is 2. The van der Waals surface area contributed by atoms with E-state index in [2.05, 4.69) is 16.1 Å². The first-order chi connectivity index (χ1) is 12.6. The number of halogens is 1. The molecule has 0 atom stereocenters. The molecule has 0 saturated heterocycles. The minimum absolute atomic E-state index is 0.105. The highest BCUT2D eigenvalue weighted by molar-refractivity contribution is 6.31. The topological polar surface area (TPSA) is 67.2 Å². The summed E-state index contributed by atoms with van der Waals surface area (Å²) in [7, 11) is 0. The Morgan fingerprint density at radius 2 is 1.96 bits per heavy atom. The summed E-state index contributed by atoms with van der Waals surface area (Å²) >= 11 is 5.90. The molecule has 2 heterocycles. The van der Waals surface area contributed by atoms with Crippen LogP contribution >= 0.6 is 11.6 Å². The van der Waals surface area contributed by atoms with Crippen molar-refractivity contribution in [1.82, 2.24) is 9.55 Å². The van der Waals surface area contributed by atoms with Crippen LogP contribution in [-0.4, -0.2) is 20.6 Å². The predicted molar refractivity (Wildman–Crippen MR) is 102 cm³/mol. The first-order valence-electron chi connectivity index (χ1n) is 8.56.